The van der Waals surface area contributed by atoms with Crippen molar-refractivity contribution in [2.75, 3.05) is 46.3 Å². The van der Waals surface area contributed by atoms with Crippen molar-refractivity contribution in [3.05, 3.63) is 0 Å². The highest BCUT2D eigenvalue weighted by Crippen LogP contribution is 2.06. The normalized spacial score (nSPS) is 13.4. The Labute approximate surface area is 192 Å². The third-order valence-electron chi connectivity index (χ3n) is 5.71. The zero-order valence-corrected chi connectivity index (χ0v) is 20.7. The zero-order valence-electron chi connectivity index (χ0n) is 20.7. The van der Waals surface area contributed by atoms with Crippen LogP contribution in [-0.4, -0.2) is 95.9 Å². The van der Waals surface area contributed by atoms with E-state index in [1.165, 1.54) is 0 Å². The Morgan fingerprint density at radius 3 is 1.59 bits per heavy atom. The maximum absolute atomic E-state index is 11.9. The predicted octanol–water partition coefficient (Wildman–Crippen LogP) is 0.367. The molecular weight excluding hydrogens is 414 g/mol. The molecule has 0 aromatic rings. The second kappa shape index (κ2) is 14.8. The minimum atomic E-state index is -0.441. The average Bonchev–Trinajstić information content (AvgIpc) is 2.75. The van der Waals surface area contributed by atoms with Gasteiger partial charge in [-0.2, -0.15) is 0 Å². The smallest absolute Gasteiger partial charge is 0.220 e. The van der Waals surface area contributed by atoms with Crippen molar-refractivity contribution >= 4 is 23.2 Å². The highest BCUT2D eigenvalue weighted by molar-refractivity contribution is 5.90. The molecule has 0 aromatic heterocycles. The Morgan fingerprint density at radius 1 is 0.781 bits per heavy atom. The first kappa shape index (κ1) is 29.8. The molecule has 186 valence electrons. The van der Waals surface area contributed by atoms with E-state index >= 15 is 0 Å². The van der Waals surface area contributed by atoms with Crippen LogP contribution in [0.3, 0.4) is 0 Å². The molecule has 11 nitrogen and oxygen atoms in total. The number of nitrogens with zero attached hydrogens (tertiary/aromatic N) is 3. The molecule has 0 rings (SSSR count). The Hall–Kier alpha value is -2.24. The maximum Gasteiger partial charge on any atom is 0.220 e. The molecule has 0 atom stereocenters. The van der Waals surface area contributed by atoms with Crippen molar-refractivity contribution in [1.29, 1.82) is 0 Å². The Kier molecular flexibility index (Phi) is 13.7. The van der Waals surface area contributed by atoms with Gasteiger partial charge >= 0.3 is 0 Å². The van der Waals surface area contributed by atoms with E-state index in [4.69, 9.17) is 10.4 Å². The van der Waals surface area contributed by atoms with Gasteiger partial charge in [0.15, 0.2) is 0 Å². The van der Waals surface area contributed by atoms with Crippen LogP contribution in [-0.2, 0) is 9.59 Å². The zero-order chi connectivity index (χ0) is 24.8. The summed E-state index contributed by atoms with van der Waals surface area (Å²) in [5.41, 5.74) is 0.302. The van der Waals surface area contributed by atoms with Gasteiger partial charge in [0.1, 0.15) is 0 Å². The van der Waals surface area contributed by atoms with Crippen molar-refractivity contribution in [1.82, 2.24) is 26.2 Å². The van der Waals surface area contributed by atoms with Gasteiger partial charge in [0.2, 0.25) is 11.8 Å². The van der Waals surface area contributed by atoms with Gasteiger partial charge in [0.05, 0.1) is 22.5 Å². The standard InChI is InChI=1S/C21H43N7O4/c1-16(26-31)20(3,4)24-11-14-28(15-12-25-21(5,6)17(2)27-32)13-10-23-19(30)9-8-18(29)22-7/h24-25,31-32H,8-15H2,1-7H3,(H,22,29)(H,23,30)/b26-16-,27-17-. The van der Waals surface area contributed by atoms with Crippen LogP contribution < -0.4 is 21.3 Å². The van der Waals surface area contributed by atoms with Crippen LogP contribution in [0.2, 0.25) is 0 Å². The lowest BCUT2D eigenvalue weighted by Gasteiger charge is -2.30. The molecule has 0 aliphatic carbocycles. The molecule has 0 aliphatic heterocycles. The quantitative estimate of drug-likeness (QED) is 0.111. The molecule has 0 unspecified atom stereocenters. The van der Waals surface area contributed by atoms with Crippen LogP contribution in [0.5, 0.6) is 0 Å². The number of hydrogen-bond acceptors (Lipinski definition) is 9. The maximum atomic E-state index is 11.9. The molecule has 0 bridgehead atoms. The van der Waals surface area contributed by atoms with Crippen LogP contribution in [0.1, 0.15) is 54.4 Å². The number of carbonyl (C=O) groups is 2. The van der Waals surface area contributed by atoms with E-state index in [0.717, 1.165) is 0 Å². The fourth-order valence-electron chi connectivity index (χ4n) is 2.69. The summed E-state index contributed by atoms with van der Waals surface area (Å²) >= 11 is 0. The molecule has 6 N–H and O–H groups in total. The summed E-state index contributed by atoms with van der Waals surface area (Å²) in [7, 11) is 1.55. The summed E-state index contributed by atoms with van der Waals surface area (Å²) in [5, 5.41) is 36.8. The van der Waals surface area contributed by atoms with Gasteiger partial charge in [-0.3, -0.25) is 14.5 Å². The summed E-state index contributed by atoms with van der Waals surface area (Å²) in [6, 6.07) is 0. The van der Waals surface area contributed by atoms with E-state index in [9.17, 15) is 9.59 Å². The Bertz CT molecular complexity index is 612. The number of oxime groups is 2. The number of nitrogens with one attached hydrogen (secondary N) is 4. The largest absolute Gasteiger partial charge is 0.411 e. The fourth-order valence-corrected chi connectivity index (χ4v) is 2.69. The van der Waals surface area contributed by atoms with Crippen LogP contribution in [0.25, 0.3) is 0 Å². The average molecular weight is 458 g/mol. The van der Waals surface area contributed by atoms with Gasteiger partial charge in [-0.1, -0.05) is 10.3 Å². The molecule has 0 saturated heterocycles. The van der Waals surface area contributed by atoms with Gasteiger partial charge in [-0.15, -0.1) is 0 Å². The molecule has 32 heavy (non-hydrogen) atoms. The first-order valence-electron chi connectivity index (χ1n) is 11.0. The van der Waals surface area contributed by atoms with Crippen molar-refractivity contribution in [2.45, 2.75) is 65.5 Å². The third-order valence-corrected chi connectivity index (χ3v) is 5.71. The van der Waals surface area contributed by atoms with Crippen molar-refractivity contribution in [3.63, 3.8) is 0 Å². The van der Waals surface area contributed by atoms with Gasteiger partial charge in [-0.25, -0.2) is 0 Å². The molecule has 0 heterocycles. The lowest BCUT2D eigenvalue weighted by Crippen LogP contribution is -2.51. The minimum Gasteiger partial charge on any atom is -0.411 e. The van der Waals surface area contributed by atoms with Crippen LogP contribution in [0.15, 0.2) is 10.3 Å². The molecule has 0 aromatic carbocycles. The predicted molar refractivity (Wildman–Crippen MR) is 127 cm³/mol. The van der Waals surface area contributed by atoms with Crippen LogP contribution in [0.4, 0.5) is 0 Å². The molecule has 0 saturated carbocycles. The molecule has 0 radical (unpaired) electrons. The molecule has 0 fully saturated rings. The summed E-state index contributed by atoms with van der Waals surface area (Å²) in [6.45, 7) is 15.1. The minimum absolute atomic E-state index is 0.156. The SMILES string of the molecule is CNC(=O)CCC(=O)NCCN(CCNC(C)(C)/C(C)=N\O)CCNC(C)(C)/C(C)=N\O. The van der Waals surface area contributed by atoms with Crippen molar-refractivity contribution in [3.8, 4) is 0 Å². The van der Waals surface area contributed by atoms with E-state index in [-0.39, 0.29) is 24.7 Å². The van der Waals surface area contributed by atoms with E-state index in [2.05, 4.69) is 36.5 Å². The van der Waals surface area contributed by atoms with Crippen LogP contribution in [0, 0.1) is 0 Å². The lowest BCUT2D eigenvalue weighted by molar-refractivity contribution is -0.126. The van der Waals surface area contributed by atoms with Gasteiger partial charge in [-0.05, 0) is 41.5 Å². The monoisotopic (exact) mass is 457 g/mol. The summed E-state index contributed by atoms with van der Waals surface area (Å²) in [6.07, 6.45) is 0.326. The first-order valence-corrected chi connectivity index (χ1v) is 11.0. The van der Waals surface area contributed by atoms with E-state index in [1.54, 1.807) is 20.9 Å². The van der Waals surface area contributed by atoms with Gasteiger partial charge < -0.3 is 31.7 Å². The lowest BCUT2D eigenvalue weighted by atomic mass is 9.99. The van der Waals surface area contributed by atoms with Crippen molar-refractivity contribution < 1.29 is 20.0 Å². The van der Waals surface area contributed by atoms with Gasteiger partial charge in [0.25, 0.3) is 0 Å². The molecule has 2 amide bonds. The summed E-state index contributed by atoms with van der Waals surface area (Å²) in [5.74, 6) is -0.316. The second-order valence-corrected chi connectivity index (χ2v) is 8.84. The number of carbonyl (C=O) groups excluding carboxylic acids is 2. The molecule has 11 heteroatoms. The molecule has 0 spiro atoms. The van der Waals surface area contributed by atoms with Crippen LogP contribution >= 0.6 is 0 Å². The van der Waals surface area contributed by atoms with E-state index < -0.39 is 11.1 Å². The molecular formula is C21H43N7O4. The number of amides is 2. The van der Waals surface area contributed by atoms with Crippen molar-refractivity contribution in [2.24, 2.45) is 10.3 Å². The second-order valence-electron chi connectivity index (χ2n) is 8.84. The topological polar surface area (TPSA) is 151 Å². The first-order chi connectivity index (χ1) is 14.9. The van der Waals surface area contributed by atoms with E-state index in [1.807, 2.05) is 27.7 Å². The number of rotatable bonds is 16. The fraction of sp³-hybridized carbons (Fsp3) is 0.810. The number of hydrogen-bond donors (Lipinski definition) is 6. The Balaban J connectivity index is 4.74. The van der Waals surface area contributed by atoms with E-state index in [0.29, 0.717) is 50.7 Å². The Morgan fingerprint density at radius 2 is 1.19 bits per heavy atom. The summed E-state index contributed by atoms with van der Waals surface area (Å²) in [4.78, 5) is 25.4. The third kappa shape index (κ3) is 12.0. The molecule has 0 aliphatic rings. The highest BCUT2D eigenvalue weighted by Gasteiger charge is 2.23. The summed E-state index contributed by atoms with van der Waals surface area (Å²) < 4.78 is 0. The highest BCUT2D eigenvalue weighted by atomic mass is 16.4. The van der Waals surface area contributed by atoms with Gasteiger partial charge in [0, 0.05) is 59.2 Å².